The van der Waals surface area contributed by atoms with Crippen LogP contribution in [0.4, 0.5) is 8.78 Å². The highest BCUT2D eigenvalue weighted by atomic mass is 19.2. The molecule has 3 aromatic carbocycles. The highest BCUT2D eigenvalue weighted by Gasteiger charge is 2.39. The molecule has 0 heterocycles. The van der Waals surface area contributed by atoms with Crippen molar-refractivity contribution in [3.05, 3.63) is 107 Å². The van der Waals surface area contributed by atoms with E-state index in [4.69, 9.17) is 5.73 Å². The van der Waals surface area contributed by atoms with E-state index in [1.54, 1.807) is 60.7 Å². The van der Waals surface area contributed by atoms with Crippen LogP contribution in [0.25, 0.3) is 0 Å². The van der Waals surface area contributed by atoms with Crippen molar-refractivity contribution in [3.63, 3.8) is 0 Å². The number of amides is 2. The van der Waals surface area contributed by atoms with Gasteiger partial charge in [-0.2, -0.15) is 0 Å². The summed E-state index contributed by atoms with van der Waals surface area (Å²) in [5.41, 5.74) is 7.83. The second kappa shape index (κ2) is 8.06. The molecule has 0 bridgehead atoms. The first-order chi connectivity index (χ1) is 14.5. The van der Waals surface area contributed by atoms with Gasteiger partial charge in [0.05, 0.1) is 6.04 Å². The minimum atomic E-state index is -1.05. The molecule has 2 atom stereocenters. The van der Waals surface area contributed by atoms with E-state index in [1.807, 2.05) is 0 Å². The smallest absolute Gasteiger partial charge is 0.255 e. The molecule has 2 amide bonds. The number of nitrogens with zero attached hydrogens (tertiary/aromatic N) is 1. The molecule has 1 aliphatic carbocycles. The number of carbonyl (C=O) groups excluding carboxylic acids is 2. The van der Waals surface area contributed by atoms with Crippen molar-refractivity contribution < 1.29 is 18.4 Å². The highest BCUT2D eigenvalue weighted by molar-refractivity contribution is 5.98. The zero-order valence-corrected chi connectivity index (χ0v) is 16.1. The maximum Gasteiger partial charge on any atom is 0.255 e. The van der Waals surface area contributed by atoms with Crippen LogP contribution in [0, 0.1) is 11.6 Å². The van der Waals surface area contributed by atoms with Crippen LogP contribution in [0.2, 0.25) is 0 Å². The van der Waals surface area contributed by atoms with E-state index in [0.717, 1.165) is 12.1 Å². The molecule has 4 rings (SSSR count). The van der Waals surface area contributed by atoms with Gasteiger partial charge in [-0.1, -0.05) is 48.5 Å². The Hall–Kier alpha value is -3.54. The summed E-state index contributed by atoms with van der Waals surface area (Å²) in [6.45, 7) is 0. The Morgan fingerprint density at radius 3 is 2.17 bits per heavy atom. The standard InChI is InChI=1S/C24H20F2N2O2/c25-19-13-17-11-12-21(18(17)14-20(19)26)28(24(30)16-9-5-2-6-10-16)22(23(27)29)15-7-3-1-4-8-15/h1-10,13-14,21-22H,11-12H2,(H2,27,29)/t21-,22?/m1/s1. The lowest BCUT2D eigenvalue weighted by Gasteiger charge is -2.36. The maximum absolute atomic E-state index is 14.0. The Bertz CT molecular complexity index is 1090. The number of nitrogens with two attached hydrogens (primary N) is 1. The Kier molecular flexibility index (Phi) is 5.31. The van der Waals surface area contributed by atoms with Crippen LogP contribution in [-0.4, -0.2) is 16.7 Å². The first-order valence-electron chi connectivity index (χ1n) is 9.67. The number of carbonyl (C=O) groups is 2. The van der Waals surface area contributed by atoms with Gasteiger partial charge in [-0.3, -0.25) is 9.59 Å². The molecule has 0 fully saturated rings. The number of halogens is 2. The van der Waals surface area contributed by atoms with Gasteiger partial charge in [0, 0.05) is 5.56 Å². The summed E-state index contributed by atoms with van der Waals surface area (Å²) in [4.78, 5) is 27.5. The van der Waals surface area contributed by atoms with Crippen molar-refractivity contribution in [2.45, 2.75) is 24.9 Å². The van der Waals surface area contributed by atoms with Crippen molar-refractivity contribution in [2.24, 2.45) is 5.73 Å². The Morgan fingerprint density at radius 2 is 1.53 bits per heavy atom. The first-order valence-corrected chi connectivity index (χ1v) is 9.67. The molecule has 1 unspecified atom stereocenters. The third-order valence-corrected chi connectivity index (χ3v) is 5.48. The molecule has 0 saturated carbocycles. The summed E-state index contributed by atoms with van der Waals surface area (Å²) in [5, 5.41) is 0. The number of fused-ring (bicyclic) bond motifs is 1. The van der Waals surface area contributed by atoms with E-state index in [2.05, 4.69) is 0 Å². The summed E-state index contributed by atoms with van der Waals surface area (Å²) in [7, 11) is 0. The predicted octanol–water partition coefficient (Wildman–Crippen LogP) is 4.32. The Balaban J connectivity index is 1.86. The lowest BCUT2D eigenvalue weighted by atomic mass is 9.98. The number of rotatable bonds is 5. The van der Waals surface area contributed by atoms with Gasteiger partial charge in [-0.15, -0.1) is 0 Å². The number of hydrogen-bond acceptors (Lipinski definition) is 2. The number of primary amides is 1. The average Bonchev–Trinajstić information content (AvgIpc) is 3.14. The largest absolute Gasteiger partial charge is 0.368 e. The molecule has 0 saturated heterocycles. The van der Waals surface area contributed by atoms with Gasteiger partial charge >= 0.3 is 0 Å². The Labute approximate surface area is 172 Å². The molecule has 4 nitrogen and oxygen atoms in total. The molecule has 30 heavy (non-hydrogen) atoms. The first kappa shape index (κ1) is 19.8. The van der Waals surface area contributed by atoms with Gasteiger partial charge in [0.15, 0.2) is 11.6 Å². The van der Waals surface area contributed by atoms with Gasteiger partial charge in [-0.05, 0) is 53.8 Å². The molecular formula is C24H20F2N2O2. The molecule has 0 aromatic heterocycles. The van der Waals surface area contributed by atoms with E-state index in [0.29, 0.717) is 35.1 Å². The zero-order chi connectivity index (χ0) is 21.3. The van der Waals surface area contributed by atoms with Crippen molar-refractivity contribution >= 4 is 11.8 Å². The average molecular weight is 406 g/mol. The van der Waals surface area contributed by atoms with Crippen LogP contribution in [-0.2, 0) is 11.2 Å². The van der Waals surface area contributed by atoms with E-state index in [1.165, 1.54) is 4.90 Å². The maximum atomic E-state index is 14.0. The number of hydrogen-bond donors (Lipinski definition) is 1. The summed E-state index contributed by atoms with van der Waals surface area (Å²) >= 11 is 0. The lowest BCUT2D eigenvalue weighted by molar-refractivity contribution is -0.123. The Morgan fingerprint density at radius 1 is 0.933 bits per heavy atom. The fourth-order valence-electron chi connectivity index (χ4n) is 4.13. The SMILES string of the molecule is NC(=O)C(c1ccccc1)N(C(=O)c1ccccc1)[C@@H]1CCc2cc(F)c(F)cc21. The highest BCUT2D eigenvalue weighted by Crippen LogP contribution is 2.41. The molecule has 0 spiro atoms. The molecule has 2 N–H and O–H groups in total. The minimum Gasteiger partial charge on any atom is -0.368 e. The molecule has 0 radical (unpaired) electrons. The van der Waals surface area contributed by atoms with Gasteiger partial charge in [0.2, 0.25) is 5.91 Å². The van der Waals surface area contributed by atoms with Gasteiger partial charge < -0.3 is 10.6 Å². The van der Waals surface area contributed by atoms with Gasteiger partial charge in [0.25, 0.3) is 5.91 Å². The van der Waals surface area contributed by atoms with Crippen molar-refractivity contribution in [1.82, 2.24) is 4.90 Å². The third-order valence-electron chi connectivity index (χ3n) is 5.48. The van der Waals surface area contributed by atoms with Crippen LogP contribution in [0.1, 0.15) is 45.6 Å². The molecule has 6 heteroatoms. The lowest BCUT2D eigenvalue weighted by Crippen LogP contribution is -2.43. The summed E-state index contributed by atoms with van der Waals surface area (Å²) < 4.78 is 27.8. The minimum absolute atomic E-state index is 0.385. The van der Waals surface area contributed by atoms with E-state index >= 15 is 0 Å². The monoisotopic (exact) mass is 406 g/mol. The van der Waals surface area contributed by atoms with E-state index in [9.17, 15) is 18.4 Å². The molecule has 3 aromatic rings. The second-order valence-electron chi connectivity index (χ2n) is 7.31. The van der Waals surface area contributed by atoms with Crippen molar-refractivity contribution in [1.29, 1.82) is 0 Å². The normalized spacial score (nSPS) is 16.0. The zero-order valence-electron chi connectivity index (χ0n) is 16.1. The third kappa shape index (κ3) is 3.56. The molecule has 1 aliphatic rings. The number of aryl methyl sites for hydroxylation is 1. The van der Waals surface area contributed by atoms with Crippen LogP contribution < -0.4 is 5.73 Å². The van der Waals surface area contributed by atoms with E-state index in [-0.39, 0.29) is 0 Å². The molecule has 152 valence electrons. The quantitative estimate of drug-likeness (QED) is 0.686. The van der Waals surface area contributed by atoms with Gasteiger partial charge in [0.1, 0.15) is 6.04 Å². The molecule has 0 aliphatic heterocycles. The van der Waals surface area contributed by atoms with E-state index < -0.39 is 35.5 Å². The van der Waals surface area contributed by atoms with Gasteiger partial charge in [-0.25, -0.2) is 8.78 Å². The van der Waals surface area contributed by atoms with Crippen LogP contribution >= 0.6 is 0 Å². The second-order valence-corrected chi connectivity index (χ2v) is 7.31. The predicted molar refractivity (Wildman–Crippen MR) is 108 cm³/mol. The van der Waals surface area contributed by atoms with Crippen molar-refractivity contribution in [3.8, 4) is 0 Å². The summed E-state index contributed by atoms with van der Waals surface area (Å²) in [6, 6.07) is 17.9. The summed E-state index contributed by atoms with van der Waals surface area (Å²) in [5.74, 6) is -3.00. The van der Waals surface area contributed by atoms with Crippen LogP contribution in [0.5, 0.6) is 0 Å². The topological polar surface area (TPSA) is 63.4 Å². The van der Waals surface area contributed by atoms with Crippen LogP contribution in [0.3, 0.4) is 0 Å². The van der Waals surface area contributed by atoms with Crippen LogP contribution in [0.15, 0.2) is 72.8 Å². The fourth-order valence-corrected chi connectivity index (χ4v) is 4.13. The number of benzene rings is 3. The van der Waals surface area contributed by atoms with Crippen molar-refractivity contribution in [2.75, 3.05) is 0 Å². The fraction of sp³-hybridized carbons (Fsp3) is 0.167. The summed E-state index contributed by atoms with van der Waals surface area (Å²) in [6.07, 6.45) is 0.906. The molecular weight excluding hydrogens is 386 g/mol.